The molecule has 0 saturated heterocycles. The van der Waals surface area contributed by atoms with Crippen molar-refractivity contribution in [1.82, 2.24) is 5.32 Å². The molecule has 0 aliphatic rings. The Morgan fingerprint density at radius 3 is 2.69 bits per heavy atom. The first kappa shape index (κ1) is 13.7. The zero-order valence-electron chi connectivity index (χ0n) is 10.2. The smallest absolute Gasteiger partial charge is 0.0741 e. The van der Waals surface area contributed by atoms with Crippen LogP contribution in [0.2, 0.25) is 0 Å². The van der Waals surface area contributed by atoms with Crippen LogP contribution in [0.1, 0.15) is 31.4 Å². The van der Waals surface area contributed by atoms with Gasteiger partial charge in [-0.3, -0.25) is 0 Å². The number of benzene rings is 1. The maximum Gasteiger partial charge on any atom is 0.0741 e. The van der Waals surface area contributed by atoms with E-state index >= 15 is 0 Å². The summed E-state index contributed by atoms with van der Waals surface area (Å²) < 4.78 is 1.11. The normalized spacial score (nSPS) is 14.8. The minimum absolute atomic E-state index is 0.608. The summed E-state index contributed by atoms with van der Waals surface area (Å²) in [6, 6.07) is 6.25. The average Bonchev–Trinajstić information content (AvgIpc) is 2.21. The SMILES string of the molecule is CCC(C)(O)CNCc1ccc(Br)cc1C. The fourth-order valence-electron chi connectivity index (χ4n) is 1.45. The molecular formula is C13H20BrNO. The van der Waals surface area contributed by atoms with Crippen LogP contribution in [0.5, 0.6) is 0 Å². The van der Waals surface area contributed by atoms with Gasteiger partial charge in [-0.25, -0.2) is 0 Å². The third-order valence-electron chi connectivity index (χ3n) is 2.89. The molecule has 3 heteroatoms. The minimum atomic E-state index is -0.608. The number of aryl methyl sites for hydroxylation is 1. The molecule has 16 heavy (non-hydrogen) atoms. The summed E-state index contributed by atoms with van der Waals surface area (Å²) in [6.45, 7) is 7.37. The van der Waals surface area contributed by atoms with Gasteiger partial charge in [0.15, 0.2) is 0 Å². The van der Waals surface area contributed by atoms with Crippen molar-refractivity contribution in [2.45, 2.75) is 39.3 Å². The van der Waals surface area contributed by atoms with Crippen molar-refractivity contribution >= 4 is 15.9 Å². The highest BCUT2D eigenvalue weighted by Crippen LogP contribution is 2.16. The van der Waals surface area contributed by atoms with E-state index in [9.17, 15) is 5.11 Å². The Kier molecular flexibility index (Phi) is 4.96. The van der Waals surface area contributed by atoms with Gasteiger partial charge in [0, 0.05) is 17.6 Å². The van der Waals surface area contributed by atoms with Crippen LogP contribution in [-0.2, 0) is 6.54 Å². The fraction of sp³-hybridized carbons (Fsp3) is 0.538. The lowest BCUT2D eigenvalue weighted by molar-refractivity contribution is 0.0555. The minimum Gasteiger partial charge on any atom is -0.389 e. The summed E-state index contributed by atoms with van der Waals surface area (Å²) >= 11 is 3.45. The Labute approximate surface area is 106 Å². The summed E-state index contributed by atoms with van der Waals surface area (Å²) in [7, 11) is 0. The van der Waals surface area contributed by atoms with Crippen LogP contribution < -0.4 is 5.32 Å². The molecule has 0 bridgehead atoms. The molecule has 1 aromatic carbocycles. The summed E-state index contributed by atoms with van der Waals surface area (Å²) in [6.07, 6.45) is 0.763. The Bertz CT molecular complexity index is 350. The first-order chi connectivity index (χ1) is 7.44. The third kappa shape index (κ3) is 4.24. The maximum atomic E-state index is 9.84. The van der Waals surface area contributed by atoms with Gasteiger partial charge in [-0.2, -0.15) is 0 Å². The van der Waals surface area contributed by atoms with Gasteiger partial charge in [0.25, 0.3) is 0 Å². The molecule has 0 heterocycles. The van der Waals surface area contributed by atoms with Crippen molar-refractivity contribution in [3.8, 4) is 0 Å². The third-order valence-corrected chi connectivity index (χ3v) is 3.38. The molecule has 0 spiro atoms. The quantitative estimate of drug-likeness (QED) is 0.872. The first-order valence-corrected chi connectivity index (χ1v) is 6.42. The molecule has 2 nitrogen and oxygen atoms in total. The summed E-state index contributed by atoms with van der Waals surface area (Å²) in [5.41, 5.74) is 1.93. The van der Waals surface area contributed by atoms with Gasteiger partial charge in [-0.15, -0.1) is 0 Å². The molecule has 1 rings (SSSR count). The van der Waals surface area contributed by atoms with E-state index in [2.05, 4.69) is 40.3 Å². The zero-order valence-corrected chi connectivity index (χ0v) is 11.8. The second kappa shape index (κ2) is 5.80. The van der Waals surface area contributed by atoms with Crippen molar-refractivity contribution in [2.24, 2.45) is 0 Å². The van der Waals surface area contributed by atoms with E-state index in [0.29, 0.717) is 6.54 Å². The molecule has 1 aromatic rings. The molecule has 1 unspecified atom stereocenters. The van der Waals surface area contributed by atoms with E-state index in [4.69, 9.17) is 0 Å². The molecule has 0 saturated carbocycles. The van der Waals surface area contributed by atoms with Gasteiger partial charge >= 0.3 is 0 Å². The molecule has 0 radical (unpaired) electrons. The molecule has 0 fully saturated rings. The van der Waals surface area contributed by atoms with Gasteiger partial charge in [0.2, 0.25) is 0 Å². The number of aliphatic hydroxyl groups is 1. The molecule has 0 aliphatic heterocycles. The number of hydrogen-bond donors (Lipinski definition) is 2. The Hall–Kier alpha value is -0.380. The van der Waals surface area contributed by atoms with Crippen LogP contribution in [0.15, 0.2) is 22.7 Å². The van der Waals surface area contributed by atoms with Crippen molar-refractivity contribution in [3.63, 3.8) is 0 Å². The summed E-state index contributed by atoms with van der Waals surface area (Å²) in [4.78, 5) is 0. The highest BCUT2D eigenvalue weighted by Gasteiger charge is 2.16. The van der Waals surface area contributed by atoms with E-state index < -0.39 is 5.60 Å². The Morgan fingerprint density at radius 1 is 1.44 bits per heavy atom. The lowest BCUT2D eigenvalue weighted by Crippen LogP contribution is -2.36. The number of nitrogens with one attached hydrogen (secondary N) is 1. The molecule has 0 aromatic heterocycles. The highest BCUT2D eigenvalue weighted by molar-refractivity contribution is 9.10. The number of rotatable bonds is 5. The van der Waals surface area contributed by atoms with Gasteiger partial charge < -0.3 is 10.4 Å². The predicted molar refractivity (Wildman–Crippen MR) is 71.5 cm³/mol. The monoisotopic (exact) mass is 285 g/mol. The van der Waals surface area contributed by atoms with Gasteiger partial charge in [0.1, 0.15) is 0 Å². The predicted octanol–water partition coefficient (Wildman–Crippen LogP) is 3.01. The summed E-state index contributed by atoms with van der Waals surface area (Å²) in [5.74, 6) is 0. The van der Waals surface area contributed by atoms with Gasteiger partial charge in [-0.05, 0) is 43.5 Å². The van der Waals surface area contributed by atoms with E-state index in [-0.39, 0.29) is 0 Å². The van der Waals surface area contributed by atoms with Crippen LogP contribution in [0.3, 0.4) is 0 Å². The van der Waals surface area contributed by atoms with E-state index in [1.807, 2.05) is 19.9 Å². The van der Waals surface area contributed by atoms with Gasteiger partial charge in [0.05, 0.1) is 5.60 Å². The fourth-order valence-corrected chi connectivity index (χ4v) is 1.92. The number of hydrogen-bond acceptors (Lipinski definition) is 2. The topological polar surface area (TPSA) is 32.3 Å². The van der Waals surface area contributed by atoms with Gasteiger partial charge in [-0.1, -0.05) is 28.9 Å². The molecule has 2 N–H and O–H groups in total. The second-order valence-corrected chi connectivity index (χ2v) is 5.44. The molecule has 90 valence electrons. The Morgan fingerprint density at radius 2 is 2.12 bits per heavy atom. The van der Waals surface area contributed by atoms with Crippen molar-refractivity contribution in [3.05, 3.63) is 33.8 Å². The average molecular weight is 286 g/mol. The largest absolute Gasteiger partial charge is 0.389 e. The molecular weight excluding hydrogens is 266 g/mol. The van der Waals surface area contributed by atoms with Crippen molar-refractivity contribution < 1.29 is 5.11 Å². The highest BCUT2D eigenvalue weighted by atomic mass is 79.9. The van der Waals surface area contributed by atoms with Crippen LogP contribution in [0.25, 0.3) is 0 Å². The summed E-state index contributed by atoms with van der Waals surface area (Å²) in [5, 5.41) is 13.1. The molecule has 1 atom stereocenters. The maximum absolute atomic E-state index is 9.84. The number of halogens is 1. The molecule has 0 aliphatic carbocycles. The van der Waals surface area contributed by atoms with E-state index in [1.165, 1.54) is 11.1 Å². The first-order valence-electron chi connectivity index (χ1n) is 5.63. The van der Waals surface area contributed by atoms with Crippen LogP contribution in [0.4, 0.5) is 0 Å². The van der Waals surface area contributed by atoms with Crippen LogP contribution in [0, 0.1) is 6.92 Å². The van der Waals surface area contributed by atoms with Crippen LogP contribution in [-0.4, -0.2) is 17.3 Å². The lowest BCUT2D eigenvalue weighted by atomic mass is 10.0. The van der Waals surface area contributed by atoms with Crippen LogP contribution >= 0.6 is 15.9 Å². The lowest BCUT2D eigenvalue weighted by Gasteiger charge is -2.22. The Balaban J connectivity index is 2.49. The van der Waals surface area contributed by atoms with Crippen molar-refractivity contribution in [1.29, 1.82) is 0 Å². The van der Waals surface area contributed by atoms with E-state index in [1.54, 1.807) is 0 Å². The second-order valence-electron chi connectivity index (χ2n) is 4.52. The molecule has 0 amide bonds. The van der Waals surface area contributed by atoms with Crippen molar-refractivity contribution in [2.75, 3.05) is 6.54 Å². The zero-order chi connectivity index (χ0) is 12.2. The van der Waals surface area contributed by atoms with E-state index in [0.717, 1.165) is 17.4 Å². The standard InChI is InChI=1S/C13H20BrNO/c1-4-13(3,16)9-15-8-11-5-6-12(14)7-10(11)2/h5-7,15-16H,4,8-9H2,1-3H3.